The minimum absolute atomic E-state index is 0.188. The van der Waals surface area contributed by atoms with E-state index in [9.17, 15) is 0 Å². The SMILES string of the molecule is CN=C(NCC1CN(C)CCN1C)NC1CC(C)(C)Oc2ccccc21. The van der Waals surface area contributed by atoms with Gasteiger partial charge in [-0.1, -0.05) is 18.2 Å². The highest BCUT2D eigenvalue weighted by molar-refractivity contribution is 5.80. The molecule has 1 aromatic carbocycles. The van der Waals surface area contributed by atoms with Crippen LogP contribution in [0.25, 0.3) is 0 Å². The molecule has 0 radical (unpaired) electrons. The molecule has 2 atom stereocenters. The molecule has 1 saturated heterocycles. The average molecular weight is 360 g/mol. The number of hydrogen-bond acceptors (Lipinski definition) is 4. The minimum Gasteiger partial charge on any atom is -0.487 e. The largest absolute Gasteiger partial charge is 0.487 e. The molecular weight excluding hydrogens is 326 g/mol. The molecule has 2 aliphatic heterocycles. The summed E-state index contributed by atoms with van der Waals surface area (Å²) >= 11 is 0. The lowest BCUT2D eigenvalue weighted by molar-refractivity contribution is 0.0693. The van der Waals surface area contributed by atoms with E-state index in [1.807, 2.05) is 19.2 Å². The van der Waals surface area contributed by atoms with Crippen LogP contribution in [-0.2, 0) is 0 Å². The van der Waals surface area contributed by atoms with Gasteiger partial charge in [-0.05, 0) is 34.0 Å². The zero-order valence-electron chi connectivity index (χ0n) is 16.7. The molecule has 0 aromatic heterocycles. The average Bonchev–Trinajstić information content (AvgIpc) is 2.60. The fraction of sp³-hybridized carbons (Fsp3) is 0.650. The quantitative estimate of drug-likeness (QED) is 0.636. The first-order valence-corrected chi connectivity index (χ1v) is 9.52. The van der Waals surface area contributed by atoms with Crippen molar-refractivity contribution in [1.82, 2.24) is 20.4 Å². The molecule has 3 rings (SSSR count). The van der Waals surface area contributed by atoms with Gasteiger partial charge in [-0.3, -0.25) is 9.89 Å². The Morgan fingerprint density at radius 3 is 2.81 bits per heavy atom. The molecule has 6 nitrogen and oxygen atoms in total. The maximum Gasteiger partial charge on any atom is 0.191 e. The van der Waals surface area contributed by atoms with Gasteiger partial charge in [-0.25, -0.2) is 0 Å². The van der Waals surface area contributed by atoms with Crippen molar-refractivity contribution in [2.24, 2.45) is 4.99 Å². The van der Waals surface area contributed by atoms with Gasteiger partial charge in [0.2, 0.25) is 0 Å². The van der Waals surface area contributed by atoms with Gasteiger partial charge in [0.1, 0.15) is 11.4 Å². The predicted octanol–water partition coefficient (Wildman–Crippen LogP) is 1.70. The van der Waals surface area contributed by atoms with Crippen LogP contribution in [0.5, 0.6) is 5.75 Å². The summed E-state index contributed by atoms with van der Waals surface area (Å²) < 4.78 is 6.13. The summed E-state index contributed by atoms with van der Waals surface area (Å²) in [6.45, 7) is 8.48. The van der Waals surface area contributed by atoms with Gasteiger partial charge in [-0.2, -0.15) is 0 Å². The lowest BCUT2D eigenvalue weighted by Crippen LogP contribution is -2.55. The van der Waals surface area contributed by atoms with E-state index < -0.39 is 0 Å². The van der Waals surface area contributed by atoms with Crippen molar-refractivity contribution in [3.63, 3.8) is 0 Å². The maximum absolute atomic E-state index is 6.13. The zero-order chi connectivity index (χ0) is 18.7. The van der Waals surface area contributed by atoms with Crippen molar-refractivity contribution < 1.29 is 4.74 Å². The van der Waals surface area contributed by atoms with Crippen molar-refractivity contribution in [2.75, 3.05) is 47.3 Å². The summed E-state index contributed by atoms with van der Waals surface area (Å²) in [4.78, 5) is 9.27. The van der Waals surface area contributed by atoms with E-state index in [0.717, 1.165) is 44.3 Å². The van der Waals surface area contributed by atoms with Gasteiger partial charge in [0, 0.05) is 51.3 Å². The van der Waals surface area contributed by atoms with E-state index in [2.05, 4.69) is 65.5 Å². The number of likely N-dealkylation sites (N-methyl/N-ethyl adjacent to an activating group) is 2. The molecule has 1 aromatic rings. The van der Waals surface area contributed by atoms with Crippen LogP contribution in [0.2, 0.25) is 0 Å². The number of nitrogens with one attached hydrogen (secondary N) is 2. The van der Waals surface area contributed by atoms with Crippen molar-refractivity contribution in [3.8, 4) is 5.75 Å². The summed E-state index contributed by atoms with van der Waals surface area (Å²) in [6, 6.07) is 8.96. The Bertz CT molecular complexity index is 645. The Balaban J connectivity index is 1.65. The number of fused-ring (bicyclic) bond motifs is 1. The molecule has 0 bridgehead atoms. The third kappa shape index (κ3) is 4.48. The third-order valence-electron chi connectivity index (χ3n) is 5.40. The number of guanidine groups is 1. The molecule has 144 valence electrons. The number of para-hydroxylation sites is 1. The standard InChI is InChI=1S/C20H33N5O/c1-20(2)12-17(16-8-6-7-9-18(16)26-20)23-19(21-3)22-13-15-14-24(4)10-11-25(15)5/h6-9,15,17H,10-14H2,1-5H3,(H2,21,22,23). The smallest absolute Gasteiger partial charge is 0.191 e. The van der Waals surface area contributed by atoms with Gasteiger partial charge in [-0.15, -0.1) is 0 Å². The highest BCUT2D eigenvalue weighted by Crippen LogP contribution is 2.39. The van der Waals surface area contributed by atoms with Crippen LogP contribution in [-0.4, -0.2) is 74.7 Å². The predicted molar refractivity (Wildman–Crippen MR) is 107 cm³/mol. The summed E-state index contributed by atoms with van der Waals surface area (Å²) in [7, 11) is 6.23. The van der Waals surface area contributed by atoms with Crippen molar-refractivity contribution >= 4 is 5.96 Å². The van der Waals surface area contributed by atoms with Crippen molar-refractivity contribution in [1.29, 1.82) is 0 Å². The van der Waals surface area contributed by atoms with Crippen LogP contribution in [0.3, 0.4) is 0 Å². The molecule has 0 spiro atoms. The fourth-order valence-corrected chi connectivity index (χ4v) is 3.83. The number of piperazine rings is 1. The first kappa shape index (κ1) is 19.0. The second-order valence-corrected chi connectivity index (χ2v) is 8.15. The van der Waals surface area contributed by atoms with Crippen LogP contribution >= 0.6 is 0 Å². The number of nitrogens with zero attached hydrogens (tertiary/aromatic N) is 3. The van der Waals surface area contributed by atoms with Crippen LogP contribution in [0, 0.1) is 0 Å². The number of ether oxygens (including phenoxy) is 1. The van der Waals surface area contributed by atoms with E-state index in [1.165, 1.54) is 5.56 Å². The van der Waals surface area contributed by atoms with Gasteiger partial charge >= 0.3 is 0 Å². The number of benzene rings is 1. The molecule has 2 aliphatic rings. The lowest BCUT2D eigenvalue weighted by Gasteiger charge is -2.39. The normalized spacial score (nSPS) is 26.7. The van der Waals surface area contributed by atoms with Crippen molar-refractivity contribution in [3.05, 3.63) is 29.8 Å². The molecular formula is C20H33N5O. The number of aliphatic imine (C=N–C) groups is 1. The summed E-state index contributed by atoms with van der Waals surface area (Å²) in [5.74, 6) is 1.81. The molecule has 0 saturated carbocycles. The van der Waals surface area contributed by atoms with E-state index in [1.54, 1.807) is 0 Å². The summed E-state index contributed by atoms with van der Waals surface area (Å²) in [5.41, 5.74) is 1.00. The van der Waals surface area contributed by atoms with E-state index in [4.69, 9.17) is 4.74 Å². The second kappa shape index (κ2) is 7.84. The number of rotatable bonds is 3. The highest BCUT2D eigenvalue weighted by Gasteiger charge is 2.34. The first-order valence-electron chi connectivity index (χ1n) is 9.52. The lowest BCUT2D eigenvalue weighted by atomic mass is 9.90. The van der Waals surface area contributed by atoms with E-state index in [-0.39, 0.29) is 11.6 Å². The van der Waals surface area contributed by atoms with Gasteiger partial charge in [0.05, 0.1) is 6.04 Å². The first-order chi connectivity index (χ1) is 12.4. The molecule has 6 heteroatoms. The summed E-state index contributed by atoms with van der Waals surface area (Å²) in [5, 5.41) is 7.14. The topological polar surface area (TPSA) is 52.1 Å². The Hall–Kier alpha value is -1.79. The minimum atomic E-state index is -0.197. The van der Waals surface area contributed by atoms with Crippen LogP contribution in [0.4, 0.5) is 0 Å². The third-order valence-corrected chi connectivity index (χ3v) is 5.40. The molecule has 2 unspecified atom stereocenters. The van der Waals surface area contributed by atoms with Gasteiger partial charge in [0.25, 0.3) is 0 Å². The summed E-state index contributed by atoms with van der Waals surface area (Å²) in [6.07, 6.45) is 0.900. The zero-order valence-corrected chi connectivity index (χ0v) is 16.7. The van der Waals surface area contributed by atoms with Crippen LogP contribution in [0.1, 0.15) is 31.9 Å². The molecule has 2 heterocycles. The second-order valence-electron chi connectivity index (χ2n) is 8.15. The van der Waals surface area contributed by atoms with E-state index >= 15 is 0 Å². The molecule has 0 aliphatic carbocycles. The van der Waals surface area contributed by atoms with Gasteiger partial charge in [0.15, 0.2) is 5.96 Å². The molecule has 1 fully saturated rings. The van der Waals surface area contributed by atoms with Crippen LogP contribution < -0.4 is 15.4 Å². The fourth-order valence-electron chi connectivity index (χ4n) is 3.83. The van der Waals surface area contributed by atoms with E-state index in [0.29, 0.717) is 6.04 Å². The molecule has 2 N–H and O–H groups in total. The van der Waals surface area contributed by atoms with Crippen LogP contribution in [0.15, 0.2) is 29.3 Å². The number of hydrogen-bond donors (Lipinski definition) is 2. The Morgan fingerprint density at radius 2 is 2.04 bits per heavy atom. The molecule has 0 amide bonds. The Morgan fingerprint density at radius 1 is 1.27 bits per heavy atom. The van der Waals surface area contributed by atoms with Crippen molar-refractivity contribution in [2.45, 2.75) is 38.0 Å². The Kier molecular flexibility index (Phi) is 5.73. The maximum atomic E-state index is 6.13. The Labute approximate surface area is 157 Å². The van der Waals surface area contributed by atoms with Gasteiger partial charge < -0.3 is 20.3 Å². The molecule has 26 heavy (non-hydrogen) atoms. The monoisotopic (exact) mass is 359 g/mol. The highest BCUT2D eigenvalue weighted by atomic mass is 16.5.